The second-order valence-corrected chi connectivity index (χ2v) is 8.95. The Morgan fingerprint density at radius 3 is 2.77 bits per heavy atom. The van der Waals surface area contributed by atoms with E-state index in [-0.39, 0.29) is 11.5 Å². The van der Waals surface area contributed by atoms with Crippen molar-refractivity contribution in [1.82, 2.24) is 20.2 Å². The van der Waals surface area contributed by atoms with Crippen LogP contribution in [0.5, 0.6) is 0 Å². The van der Waals surface area contributed by atoms with Gasteiger partial charge in [0.15, 0.2) is 5.65 Å². The first-order chi connectivity index (χ1) is 14.7. The van der Waals surface area contributed by atoms with Crippen molar-refractivity contribution in [1.29, 1.82) is 5.26 Å². The molecule has 2 saturated carbocycles. The number of hydrogen-bond acceptors (Lipinski definition) is 6. The van der Waals surface area contributed by atoms with Gasteiger partial charge in [0.05, 0.1) is 29.0 Å². The standard InChI is InChI=1S/C23H30N6O/c1-2-29-22-19(15-26-29)21(27-17-6-4-3-5-7-17)18(14-25-22)20-12-23(30-28-20)10-8-16(13-24)9-11-23/h12,14-17,28H,2-11H2,1H3,(H,25,27). The highest BCUT2D eigenvalue weighted by atomic mass is 16.7. The normalized spacial score (nSPS) is 27.1. The van der Waals surface area contributed by atoms with E-state index in [1.807, 2.05) is 17.1 Å². The smallest absolute Gasteiger partial charge is 0.159 e. The molecule has 0 amide bonds. The van der Waals surface area contributed by atoms with Crippen molar-refractivity contribution in [2.75, 3.05) is 5.32 Å². The highest BCUT2D eigenvalue weighted by Gasteiger charge is 2.40. The topological polar surface area (TPSA) is 87.8 Å². The first-order valence-corrected chi connectivity index (χ1v) is 11.4. The van der Waals surface area contributed by atoms with Crippen LogP contribution in [0.1, 0.15) is 70.3 Å². The molecule has 2 fully saturated rings. The second kappa shape index (κ2) is 7.92. The number of aromatic nitrogens is 3. The molecule has 3 aliphatic rings. The van der Waals surface area contributed by atoms with Crippen molar-refractivity contribution < 1.29 is 4.84 Å². The summed E-state index contributed by atoms with van der Waals surface area (Å²) < 4.78 is 1.95. The molecule has 30 heavy (non-hydrogen) atoms. The number of hydroxylamine groups is 1. The third-order valence-electron chi connectivity index (χ3n) is 7.00. The third-order valence-corrected chi connectivity index (χ3v) is 7.00. The van der Waals surface area contributed by atoms with Crippen LogP contribution in [0.3, 0.4) is 0 Å². The Morgan fingerprint density at radius 1 is 1.23 bits per heavy atom. The minimum absolute atomic E-state index is 0.151. The number of rotatable bonds is 4. The minimum atomic E-state index is -0.312. The predicted molar refractivity (Wildman–Crippen MR) is 116 cm³/mol. The summed E-state index contributed by atoms with van der Waals surface area (Å²) in [5.74, 6) is 0.151. The summed E-state index contributed by atoms with van der Waals surface area (Å²) in [5, 5.41) is 18.7. The van der Waals surface area contributed by atoms with Crippen molar-refractivity contribution in [2.45, 2.75) is 82.9 Å². The average molecular weight is 407 g/mol. The molecule has 0 unspecified atom stereocenters. The number of aryl methyl sites for hydroxylation is 1. The molecule has 2 aromatic heterocycles. The fourth-order valence-electron chi connectivity index (χ4n) is 5.16. The lowest BCUT2D eigenvalue weighted by Crippen LogP contribution is -2.34. The first-order valence-electron chi connectivity index (χ1n) is 11.4. The minimum Gasteiger partial charge on any atom is -0.381 e. The van der Waals surface area contributed by atoms with E-state index in [0.29, 0.717) is 6.04 Å². The highest BCUT2D eigenvalue weighted by molar-refractivity contribution is 5.95. The lowest BCUT2D eigenvalue weighted by Gasteiger charge is -2.31. The molecule has 3 heterocycles. The van der Waals surface area contributed by atoms with Gasteiger partial charge in [-0.25, -0.2) is 9.67 Å². The molecular weight excluding hydrogens is 376 g/mol. The largest absolute Gasteiger partial charge is 0.381 e. The number of pyridine rings is 1. The Labute approximate surface area is 177 Å². The molecule has 2 aromatic rings. The van der Waals surface area contributed by atoms with Gasteiger partial charge in [0.1, 0.15) is 5.60 Å². The Hall–Kier alpha value is -2.59. The number of hydrogen-bond donors (Lipinski definition) is 2. The van der Waals surface area contributed by atoms with E-state index in [1.54, 1.807) is 0 Å². The molecule has 0 saturated heterocycles. The van der Waals surface area contributed by atoms with E-state index in [4.69, 9.17) is 9.82 Å². The van der Waals surface area contributed by atoms with Crippen molar-refractivity contribution in [3.63, 3.8) is 0 Å². The Morgan fingerprint density at radius 2 is 2.03 bits per heavy atom. The Bertz CT molecular complexity index is 989. The van der Waals surface area contributed by atoms with E-state index < -0.39 is 0 Å². The maximum atomic E-state index is 9.22. The van der Waals surface area contributed by atoms with Gasteiger partial charge in [-0.3, -0.25) is 10.3 Å². The van der Waals surface area contributed by atoms with Crippen molar-refractivity contribution in [2.24, 2.45) is 5.92 Å². The molecule has 0 bridgehead atoms. The van der Waals surface area contributed by atoms with Crippen LogP contribution in [0.25, 0.3) is 16.7 Å². The molecule has 7 nitrogen and oxygen atoms in total. The number of nitrogens with one attached hydrogen (secondary N) is 2. The van der Waals surface area contributed by atoms with Gasteiger partial charge in [-0.15, -0.1) is 0 Å². The fourth-order valence-corrected chi connectivity index (χ4v) is 5.16. The molecule has 2 aliphatic carbocycles. The van der Waals surface area contributed by atoms with Crippen LogP contribution >= 0.6 is 0 Å². The van der Waals surface area contributed by atoms with Crippen LogP contribution in [0.15, 0.2) is 18.5 Å². The fraction of sp³-hybridized carbons (Fsp3) is 0.609. The quantitative estimate of drug-likeness (QED) is 0.776. The molecule has 7 heteroatoms. The average Bonchev–Trinajstić information content (AvgIpc) is 3.40. The van der Waals surface area contributed by atoms with Crippen LogP contribution in [-0.2, 0) is 11.4 Å². The van der Waals surface area contributed by atoms with Gasteiger partial charge >= 0.3 is 0 Å². The molecule has 2 N–H and O–H groups in total. The van der Waals surface area contributed by atoms with Crippen LogP contribution in [0.2, 0.25) is 0 Å². The summed E-state index contributed by atoms with van der Waals surface area (Å²) in [5.41, 5.74) is 6.93. The zero-order chi connectivity index (χ0) is 20.6. The Kier molecular flexibility index (Phi) is 5.11. The number of nitrogens with zero attached hydrogens (tertiary/aromatic N) is 4. The van der Waals surface area contributed by atoms with Crippen molar-refractivity contribution in [3.8, 4) is 6.07 Å². The van der Waals surface area contributed by atoms with E-state index in [1.165, 1.54) is 32.1 Å². The summed E-state index contributed by atoms with van der Waals surface area (Å²) in [6.07, 6.45) is 15.9. The van der Waals surface area contributed by atoms with Gasteiger partial charge in [-0.05, 0) is 51.5 Å². The maximum absolute atomic E-state index is 9.22. The van der Waals surface area contributed by atoms with Gasteiger partial charge in [0.25, 0.3) is 0 Å². The van der Waals surface area contributed by atoms with E-state index in [0.717, 1.165) is 60.2 Å². The second-order valence-electron chi connectivity index (χ2n) is 8.95. The summed E-state index contributed by atoms with van der Waals surface area (Å²) in [4.78, 5) is 10.8. The van der Waals surface area contributed by atoms with Crippen LogP contribution in [0, 0.1) is 17.2 Å². The summed E-state index contributed by atoms with van der Waals surface area (Å²) in [6, 6.07) is 2.89. The summed E-state index contributed by atoms with van der Waals surface area (Å²) in [6.45, 7) is 2.89. The third kappa shape index (κ3) is 3.43. The number of nitriles is 1. The predicted octanol–water partition coefficient (Wildman–Crippen LogP) is 4.52. The molecule has 1 aliphatic heterocycles. The molecule has 5 rings (SSSR count). The lowest BCUT2D eigenvalue weighted by molar-refractivity contribution is -0.0600. The summed E-state index contributed by atoms with van der Waals surface area (Å²) in [7, 11) is 0. The van der Waals surface area contributed by atoms with E-state index in [9.17, 15) is 5.26 Å². The van der Waals surface area contributed by atoms with Crippen LogP contribution in [-0.4, -0.2) is 26.4 Å². The molecule has 0 atom stereocenters. The monoisotopic (exact) mass is 406 g/mol. The maximum Gasteiger partial charge on any atom is 0.159 e. The van der Waals surface area contributed by atoms with Gasteiger partial charge < -0.3 is 5.32 Å². The van der Waals surface area contributed by atoms with E-state index >= 15 is 0 Å². The summed E-state index contributed by atoms with van der Waals surface area (Å²) >= 11 is 0. The van der Waals surface area contributed by atoms with Crippen LogP contribution < -0.4 is 10.8 Å². The van der Waals surface area contributed by atoms with Gasteiger partial charge in [-0.2, -0.15) is 10.4 Å². The SMILES string of the molecule is CCn1ncc2c(NC3CCCCC3)c(C3=CC4(CCC(C#N)CC4)ON3)cnc21. The van der Waals surface area contributed by atoms with Gasteiger partial charge in [0.2, 0.25) is 0 Å². The van der Waals surface area contributed by atoms with Crippen molar-refractivity contribution >= 4 is 22.4 Å². The zero-order valence-corrected chi connectivity index (χ0v) is 17.7. The molecule has 158 valence electrons. The zero-order valence-electron chi connectivity index (χ0n) is 17.7. The van der Waals surface area contributed by atoms with Gasteiger partial charge in [-0.1, -0.05) is 19.3 Å². The van der Waals surface area contributed by atoms with E-state index in [2.05, 4.69) is 35.0 Å². The van der Waals surface area contributed by atoms with Crippen molar-refractivity contribution in [3.05, 3.63) is 24.0 Å². The van der Waals surface area contributed by atoms with Gasteiger partial charge in [0, 0.05) is 30.3 Å². The Balaban J connectivity index is 1.51. The lowest BCUT2D eigenvalue weighted by atomic mass is 9.79. The number of fused-ring (bicyclic) bond motifs is 1. The molecule has 0 radical (unpaired) electrons. The molecule has 0 aromatic carbocycles. The first kappa shape index (κ1) is 19.4. The number of anilines is 1. The molecular formula is C23H30N6O. The van der Waals surface area contributed by atoms with Crippen LogP contribution in [0.4, 0.5) is 5.69 Å². The molecule has 1 spiro atoms. The highest BCUT2D eigenvalue weighted by Crippen LogP contribution is 2.42.